The summed E-state index contributed by atoms with van der Waals surface area (Å²) in [5, 5.41) is 5.37. The Balaban J connectivity index is 1.57. The highest BCUT2D eigenvalue weighted by Gasteiger charge is 2.27. The number of hydrogen-bond donors (Lipinski definition) is 0. The second kappa shape index (κ2) is 6.82. The van der Waals surface area contributed by atoms with E-state index in [1.807, 2.05) is 12.3 Å². The molecule has 5 nitrogen and oxygen atoms in total. The molecule has 0 spiro atoms. The molecule has 2 aromatic heterocycles. The fourth-order valence-electron chi connectivity index (χ4n) is 3.64. The van der Waals surface area contributed by atoms with Gasteiger partial charge in [-0.15, -0.1) is 0 Å². The van der Waals surface area contributed by atoms with E-state index < -0.39 is 0 Å². The van der Waals surface area contributed by atoms with Crippen molar-refractivity contribution in [3.8, 4) is 0 Å². The first-order valence-electron chi connectivity index (χ1n) is 9.12. The number of hydrogen-bond acceptors (Lipinski definition) is 5. The van der Waals surface area contributed by atoms with E-state index in [4.69, 9.17) is 4.52 Å². The lowest BCUT2D eigenvalue weighted by atomic mass is 9.97. The molecule has 1 aliphatic heterocycles. The van der Waals surface area contributed by atoms with Crippen molar-refractivity contribution in [2.45, 2.75) is 39.0 Å². The molecule has 130 valence electrons. The summed E-state index contributed by atoms with van der Waals surface area (Å²) in [6.45, 7) is 6.31. The number of nitrogens with zero attached hydrogens (tertiary/aromatic N) is 4. The smallest absolute Gasteiger partial charge is 0.231 e. The summed E-state index contributed by atoms with van der Waals surface area (Å²) in [6.07, 6.45) is 5.00. The van der Waals surface area contributed by atoms with E-state index in [1.165, 1.54) is 11.1 Å². The molecule has 1 aliphatic rings. The Hall–Kier alpha value is -2.43. The maximum atomic E-state index is 5.58. The topological polar surface area (TPSA) is 55.1 Å². The summed E-state index contributed by atoms with van der Waals surface area (Å²) in [5.41, 5.74) is 2.29. The van der Waals surface area contributed by atoms with Crippen LogP contribution in [0.2, 0.25) is 0 Å². The number of fused-ring (bicyclic) bond motifs is 1. The van der Waals surface area contributed by atoms with Gasteiger partial charge in [-0.3, -0.25) is 4.98 Å². The first-order valence-corrected chi connectivity index (χ1v) is 9.12. The zero-order chi connectivity index (χ0) is 17.2. The molecule has 0 radical (unpaired) electrons. The molecule has 0 bridgehead atoms. The number of piperidine rings is 1. The van der Waals surface area contributed by atoms with Crippen LogP contribution >= 0.6 is 0 Å². The molecule has 1 fully saturated rings. The number of benzene rings is 1. The van der Waals surface area contributed by atoms with Crippen LogP contribution in [-0.4, -0.2) is 28.2 Å². The van der Waals surface area contributed by atoms with Crippen LogP contribution < -0.4 is 4.90 Å². The fraction of sp³-hybridized carbons (Fsp3) is 0.450. The van der Waals surface area contributed by atoms with Crippen LogP contribution in [0.4, 0.5) is 5.69 Å². The van der Waals surface area contributed by atoms with Gasteiger partial charge in [0.25, 0.3) is 0 Å². The monoisotopic (exact) mass is 336 g/mol. The Bertz CT molecular complexity index is 852. The van der Waals surface area contributed by atoms with Gasteiger partial charge in [0, 0.05) is 36.8 Å². The summed E-state index contributed by atoms with van der Waals surface area (Å²) in [6, 6.07) is 10.4. The third-order valence-corrected chi connectivity index (χ3v) is 4.81. The molecule has 0 aliphatic carbocycles. The Morgan fingerprint density at radius 1 is 1.24 bits per heavy atom. The molecule has 0 amide bonds. The standard InChI is InChI=1S/C20H24N4O/c1-14(2)12-19-22-20(25-23-19)15-6-5-11-24(13-15)18-9-10-21-17-8-4-3-7-16(17)18/h3-4,7-10,14-15H,5-6,11-13H2,1-2H3. The number of rotatable bonds is 4. The van der Waals surface area contributed by atoms with E-state index in [0.29, 0.717) is 11.8 Å². The first-order chi connectivity index (χ1) is 12.2. The van der Waals surface area contributed by atoms with Gasteiger partial charge in [-0.25, -0.2) is 0 Å². The zero-order valence-electron chi connectivity index (χ0n) is 14.9. The van der Waals surface area contributed by atoms with Gasteiger partial charge < -0.3 is 9.42 Å². The quantitative estimate of drug-likeness (QED) is 0.714. The highest BCUT2D eigenvalue weighted by atomic mass is 16.5. The van der Waals surface area contributed by atoms with Gasteiger partial charge in [0.2, 0.25) is 5.89 Å². The number of anilines is 1. The highest BCUT2D eigenvalue weighted by Crippen LogP contribution is 2.32. The number of aromatic nitrogens is 3. The zero-order valence-corrected chi connectivity index (χ0v) is 14.9. The van der Waals surface area contributed by atoms with Gasteiger partial charge in [0.05, 0.1) is 11.4 Å². The molecule has 4 rings (SSSR count). The third kappa shape index (κ3) is 3.36. The van der Waals surface area contributed by atoms with Crippen LogP contribution in [0.25, 0.3) is 10.9 Å². The van der Waals surface area contributed by atoms with Gasteiger partial charge >= 0.3 is 0 Å². The van der Waals surface area contributed by atoms with Crippen molar-refractivity contribution in [1.29, 1.82) is 0 Å². The molecule has 1 saturated heterocycles. The van der Waals surface area contributed by atoms with Crippen molar-refractivity contribution in [3.05, 3.63) is 48.2 Å². The van der Waals surface area contributed by atoms with Crippen molar-refractivity contribution >= 4 is 16.6 Å². The van der Waals surface area contributed by atoms with Gasteiger partial charge in [0.1, 0.15) is 0 Å². The van der Waals surface area contributed by atoms with Gasteiger partial charge in [0.15, 0.2) is 5.82 Å². The molecular formula is C20H24N4O. The van der Waals surface area contributed by atoms with Crippen molar-refractivity contribution in [3.63, 3.8) is 0 Å². The minimum absolute atomic E-state index is 0.300. The Labute approximate surface area is 148 Å². The maximum Gasteiger partial charge on any atom is 0.231 e. The average molecular weight is 336 g/mol. The van der Waals surface area contributed by atoms with E-state index in [-0.39, 0.29) is 0 Å². The summed E-state index contributed by atoms with van der Waals surface area (Å²) in [4.78, 5) is 11.6. The summed E-state index contributed by atoms with van der Waals surface area (Å²) in [5.74, 6) is 2.46. The second-order valence-electron chi connectivity index (χ2n) is 7.28. The van der Waals surface area contributed by atoms with Crippen molar-refractivity contribution in [2.24, 2.45) is 5.92 Å². The third-order valence-electron chi connectivity index (χ3n) is 4.81. The van der Waals surface area contributed by atoms with Gasteiger partial charge in [-0.1, -0.05) is 37.2 Å². The summed E-state index contributed by atoms with van der Waals surface area (Å²) in [7, 11) is 0. The average Bonchev–Trinajstić information content (AvgIpc) is 3.09. The summed E-state index contributed by atoms with van der Waals surface area (Å²) < 4.78 is 5.58. The molecule has 25 heavy (non-hydrogen) atoms. The van der Waals surface area contributed by atoms with Gasteiger partial charge in [-0.2, -0.15) is 4.98 Å². The minimum atomic E-state index is 0.300. The molecule has 0 N–H and O–H groups in total. The van der Waals surface area contributed by atoms with Crippen molar-refractivity contribution < 1.29 is 4.52 Å². The predicted octanol–water partition coefficient (Wildman–Crippen LogP) is 4.20. The Kier molecular flexibility index (Phi) is 4.38. The lowest BCUT2D eigenvalue weighted by Gasteiger charge is -2.33. The van der Waals surface area contributed by atoms with Crippen molar-refractivity contribution in [1.82, 2.24) is 15.1 Å². The molecule has 1 atom stereocenters. The fourth-order valence-corrected chi connectivity index (χ4v) is 3.64. The highest BCUT2D eigenvalue weighted by molar-refractivity contribution is 5.91. The van der Waals surface area contributed by atoms with Crippen LogP contribution in [0.1, 0.15) is 44.3 Å². The SMILES string of the molecule is CC(C)Cc1noc(C2CCCN(c3ccnc4ccccc34)C2)n1. The molecule has 1 unspecified atom stereocenters. The van der Waals surface area contributed by atoms with Crippen LogP contribution in [0.5, 0.6) is 0 Å². The molecule has 0 saturated carbocycles. The Morgan fingerprint density at radius 3 is 3.00 bits per heavy atom. The van der Waals surface area contributed by atoms with Crippen LogP contribution in [-0.2, 0) is 6.42 Å². The molecule has 5 heteroatoms. The Morgan fingerprint density at radius 2 is 2.12 bits per heavy atom. The van der Waals surface area contributed by atoms with Gasteiger partial charge in [-0.05, 0) is 30.9 Å². The normalized spacial score (nSPS) is 18.2. The molecule has 3 heterocycles. The lowest BCUT2D eigenvalue weighted by Crippen LogP contribution is -2.34. The number of pyridine rings is 1. The van der Waals surface area contributed by atoms with E-state index in [1.54, 1.807) is 0 Å². The van der Waals surface area contributed by atoms with Crippen molar-refractivity contribution in [2.75, 3.05) is 18.0 Å². The van der Waals surface area contributed by atoms with E-state index in [0.717, 1.165) is 49.6 Å². The van der Waals surface area contributed by atoms with E-state index >= 15 is 0 Å². The first kappa shape index (κ1) is 16.1. The second-order valence-corrected chi connectivity index (χ2v) is 7.28. The van der Waals surface area contributed by atoms with Crippen LogP contribution in [0, 0.1) is 5.92 Å². The molecular weight excluding hydrogens is 312 g/mol. The lowest BCUT2D eigenvalue weighted by molar-refractivity contribution is 0.329. The van der Waals surface area contributed by atoms with Crippen LogP contribution in [0.3, 0.4) is 0 Å². The predicted molar refractivity (Wildman–Crippen MR) is 98.8 cm³/mol. The largest absolute Gasteiger partial charge is 0.370 e. The van der Waals surface area contributed by atoms with Crippen LogP contribution in [0.15, 0.2) is 41.1 Å². The molecule has 3 aromatic rings. The maximum absolute atomic E-state index is 5.58. The van der Waals surface area contributed by atoms with E-state index in [2.05, 4.69) is 58.1 Å². The summed E-state index contributed by atoms with van der Waals surface area (Å²) >= 11 is 0. The minimum Gasteiger partial charge on any atom is -0.370 e. The molecule has 1 aromatic carbocycles. The van der Waals surface area contributed by atoms with E-state index in [9.17, 15) is 0 Å². The number of para-hydroxylation sites is 1.